The summed E-state index contributed by atoms with van der Waals surface area (Å²) in [6.07, 6.45) is 0. The number of hydrogen-bond acceptors (Lipinski definition) is 4. The van der Waals surface area contributed by atoms with Crippen molar-refractivity contribution >= 4 is 17.2 Å². The predicted molar refractivity (Wildman–Crippen MR) is 61.8 cm³/mol. The molecule has 0 saturated carbocycles. The summed E-state index contributed by atoms with van der Waals surface area (Å²) in [7, 11) is 0. The van der Waals surface area contributed by atoms with Gasteiger partial charge in [-0.1, -0.05) is 18.2 Å². The van der Waals surface area contributed by atoms with Gasteiger partial charge in [-0.3, -0.25) is 14.8 Å². The zero-order valence-corrected chi connectivity index (χ0v) is 8.28. The minimum absolute atomic E-state index is 0.0117. The summed E-state index contributed by atoms with van der Waals surface area (Å²) in [5.74, 6) is 0.0117. The number of hydrogen-bond donors (Lipinski definition) is 4. The van der Waals surface area contributed by atoms with Gasteiger partial charge in [0.1, 0.15) is 11.5 Å². The van der Waals surface area contributed by atoms with E-state index >= 15 is 0 Å². The van der Waals surface area contributed by atoms with Crippen LogP contribution in [-0.4, -0.2) is 9.97 Å². The van der Waals surface area contributed by atoms with Gasteiger partial charge in [0.15, 0.2) is 0 Å². The monoisotopic (exact) mass is 218 g/mol. The van der Waals surface area contributed by atoms with Crippen LogP contribution in [0.15, 0.2) is 39.9 Å². The Morgan fingerprint density at radius 2 is 1.75 bits per heavy atom. The minimum Gasteiger partial charge on any atom is -0.383 e. The minimum atomic E-state index is -0.624. The second kappa shape index (κ2) is 3.93. The molecule has 0 spiro atoms. The molecule has 0 aliphatic rings. The Labute approximate surface area is 90.1 Å². The highest BCUT2D eigenvalue weighted by molar-refractivity contribution is 5.68. The number of nitrogens with one attached hydrogen (secondary N) is 3. The fourth-order valence-electron chi connectivity index (χ4n) is 1.29. The molecule has 0 aliphatic carbocycles. The Hall–Kier alpha value is -2.50. The van der Waals surface area contributed by atoms with Gasteiger partial charge in [-0.05, 0) is 12.1 Å². The van der Waals surface area contributed by atoms with E-state index in [2.05, 4.69) is 15.3 Å². The van der Waals surface area contributed by atoms with Crippen molar-refractivity contribution in [3.8, 4) is 0 Å². The molecule has 1 aromatic carbocycles. The van der Waals surface area contributed by atoms with Crippen molar-refractivity contribution in [1.82, 2.24) is 9.97 Å². The number of nitrogen functional groups attached to an aromatic ring is 1. The Balaban J connectivity index is 2.43. The number of nitrogens with two attached hydrogens (primary N) is 1. The van der Waals surface area contributed by atoms with Crippen LogP contribution in [0.5, 0.6) is 0 Å². The van der Waals surface area contributed by atoms with Crippen LogP contribution >= 0.6 is 0 Å². The lowest BCUT2D eigenvalue weighted by molar-refractivity contribution is 1.05. The zero-order valence-electron chi connectivity index (χ0n) is 8.28. The maximum Gasteiger partial charge on any atom is 0.327 e. The van der Waals surface area contributed by atoms with E-state index in [0.29, 0.717) is 5.69 Å². The molecule has 6 nitrogen and oxygen atoms in total. The highest BCUT2D eigenvalue weighted by Gasteiger charge is 2.05. The summed E-state index contributed by atoms with van der Waals surface area (Å²) in [6, 6.07) is 9.05. The van der Waals surface area contributed by atoms with Gasteiger partial charge in [-0.15, -0.1) is 0 Å². The lowest BCUT2D eigenvalue weighted by Gasteiger charge is -2.06. The van der Waals surface area contributed by atoms with Gasteiger partial charge in [-0.25, -0.2) is 4.79 Å². The molecular weight excluding hydrogens is 208 g/mol. The van der Waals surface area contributed by atoms with Crippen molar-refractivity contribution in [3.63, 3.8) is 0 Å². The van der Waals surface area contributed by atoms with Crippen LogP contribution in [0.4, 0.5) is 17.2 Å². The number of anilines is 3. The SMILES string of the molecule is Nc1[nH]c(=O)[nH]c(=O)c1Nc1ccccc1. The first-order valence-corrected chi connectivity index (χ1v) is 4.61. The second-order valence-electron chi connectivity index (χ2n) is 3.19. The maximum atomic E-state index is 11.4. The average molecular weight is 218 g/mol. The lowest BCUT2D eigenvalue weighted by Crippen LogP contribution is -2.26. The van der Waals surface area contributed by atoms with E-state index in [9.17, 15) is 9.59 Å². The zero-order chi connectivity index (χ0) is 11.5. The molecule has 82 valence electrons. The van der Waals surface area contributed by atoms with Crippen molar-refractivity contribution in [1.29, 1.82) is 0 Å². The summed E-state index contributed by atoms with van der Waals surface area (Å²) >= 11 is 0. The molecule has 0 bridgehead atoms. The van der Waals surface area contributed by atoms with E-state index in [0.717, 1.165) is 0 Å². The Kier molecular flexibility index (Phi) is 2.47. The van der Waals surface area contributed by atoms with Crippen molar-refractivity contribution in [2.24, 2.45) is 0 Å². The standard InChI is InChI=1S/C10H10N4O2/c11-8-7(9(15)14-10(16)13-8)12-6-4-2-1-3-5-6/h1-5,12H,(H4,11,13,14,15,16). The van der Waals surface area contributed by atoms with Crippen LogP contribution in [0.2, 0.25) is 0 Å². The molecule has 0 fully saturated rings. The molecule has 0 amide bonds. The number of H-pyrrole nitrogens is 2. The number of para-hydroxylation sites is 1. The van der Waals surface area contributed by atoms with Gasteiger partial charge in [0, 0.05) is 5.69 Å². The van der Waals surface area contributed by atoms with E-state index < -0.39 is 11.2 Å². The Morgan fingerprint density at radius 3 is 2.38 bits per heavy atom. The number of aromatic amines is 2. The van der Waals surface area contributed by atoms with Crippen LogP contribution < -0.4 is 22.3 Å². The summed E-state index contributed by atoms with van der Waals surface area (Å²) < 4.78 is 0. The van der Waals surface area contributed by atoms with Crippen LogP contribution in [0.1, 0.15) is 0 Å². The summed E-state index contributed by atoms with van der Waals surface area (Å²) in [5.41, 5.74) is 5.20. The third-order valence-corrected chi connectivity index (χ3v) is 2.01. The van der Waals surface area contributed by atoms with E-state index in [1.54, 1.807) is 12.1 Å². The molecule has 0 unspecified atom stereocenters. The smallest absolute Gasteiger partial charge is 0.327 e. The molecule has 0 saturated heterocycles. The molecular formula is C10H10N4O2. The number of rotatable bonds is 2. The summed E-state index contributed by atoms with van der Waals surface area (Å²) in [6.45, 7) is 0. The molecule has 1 aromatic heterocycles. The van der Waals surface area contributed by atoms with Crippen molar-refractivity contribution in [3.05, 3.63) is 51.2 Å². The fourth-order valence-corrected chi connectivity index (χ4v) is 1.29. The fraction of sp³-hybridized carbons (Fsp3) is 0. The second-order valence-corrected chi connectivity index (χ2v) is 3.19. The lowest BCUT2D eigenvalue weighted by atomic mass is 10.3. The first-order chi connectivity index (χ1) is 7.66. The largest absolute Gasteiger partial charge is 0.383 e. The van der Waals surface area contributed by atoms with Crippen molar-refractivity contribution in [2.45, 2.75) is 0 Å². The van der Waals surface area contributed by atoms with Gasteiger partial charge in [-0.2, -0.15) is 0 Å². The molecule has 5 N–H and O–H groups in total. The van der Waals surface area contributed by atoms with Crippen LogP contribution in [0.3, 0.4) is 0 Å². The van der Waals surface area contributed by atoms with Gasteiger partial charge >= 0.3 is 5.69 Å². The first-order valence-electron chi connectivity index (χ1n) is 4.61. The third kappa shape index (κ3) is 1.95. The quantitative estimate of drug-likeness (QED) is 0.585. The van der Waals surface area contributed by atoms with E-state index in [1.165, 1.54) is 0 Å². The number of aromatic nitrogens is 2. The number of benzene rings is 1. The maximum absolute atomic E-state index is 11.4. The Bertz CT molecular complexity index is 600. The predicted octanol–water partition coefficient (Wildman–Crippen LogP) is 0.389. The molecule has 1 heterocycles. The molecule has 2 rings (SSSR count). The van der Waals surface area contributed by atoms with E-state index in [4.69, 9.17) is 5.73 Å². The van der Waals surface area contributed by atoms with Crippen LogP contribution in [-0.2, 0) is 0 Å². The van der Waals surface area contributed by atoms with Gasteiger partial charge < -0.3 is 11.1 Å². The molecule has 0 aliphatic heterocycles. The third-order valence-electron chi connectivity index (χ3n) is 2.01. The highest BCUT2D eigenvalue weighted by Crippen LogP contribution is 2.14. The normalized spacial score (nSPS) is 10.0. The average Bonchev–Trinajstić information content (AvgIpc) is 2.25. The van der Waals surface area contributed by atoms with Crippen molar-refractivity contribution in [2.75, 3.05) is 11.1 Å². The molecule has 2 aromatic rings. The van der Waals surface area contributed by atoms with Crippen LogP contribution in [0.25, 0.3) is 0 Å². The first kappa shape index (κ1) is 10.0. The van der Waals surface area contributed by atoms with Gasteiger partial charge in [0.2, 0.25) is 0 Å². The van der Waals surface area contributed by atoms with E-state index in [-0.39, 0.29) is 11.5 Å². The van der Waals surface area contributed by atoms with Gasteiger partial charge in [0.25, 0.3) is 5.56 Å². The van der Waals surface area contributed by atoms with Gasteiger partial charge in [0.05, 0.1) is 0 Å². The molecule has 0 radical (unpaired) electrons. The molecule has 6 heteroatoms. The molecule has 16 heavy (non-hydrogen) atoms. The molecule has 0 atom stereocenters. The topological polar surface area (TPSA) is 104 Å². The Morgan fingerprint density at radius 1 is 1.06 bits per heavy atom. The summed E-state index contributed by atoms with van der Waals surface area (Å²) in [4.78, 5) is 26.7. The van der Waals surface area contributed by atoms with Crippen LogP contribution in [0, 0.1) is 0 Å². The van der Waals surface area contributed by atoms with Crippen molar-refractivity contribution < 1.29 is 0 Å². The van der Waals surface area contributed by atoms with E-state index in [1.807, 2.05) is 18.2 Å². The highest BCUT2D eigenvalue weighted by atomic mass is 16.2. The summed E-state index contributed by atoms with van der Waals surface area (Å²) in [5, 5.41) is 2.83.